The van der Waals surface area contributed by atoms with Crippen LogP contribution in [0.3, 0.4) is 0 Å². The number of pyridine rings is 1. The molecule has 0 spiro atoms. The monoisotopic (exact) mass is 292 g/mol. The van der Waals surface area contributed by atoms with Crippen LogP contribution in [0.5, 0.6) is 0 Å². The van der Waals surface area contributed by atoms with Crippen LogP contribution in [-0.4, -0.2) is 13.4 Å². The minimum Gasteiger partial charge on any atom is -0.321 e. The van der Waals surface area contributed by atoms with Crippen molar-refractivity contribution in [3.8, 4) is 0 Å². The van der Waals surface area contributed by atoms with Gasteiger partial charge in [0.2, 0.25) is 5.03 Å². The Labute approximate surface area is 118 Å². The van der Waals surface area contributed by atoms with E-state index in [0.29, 0.717) is 5.69 Å². The van der Waals surface area contributed by atoms with Crippen molar-refractivity contribution >= 4 is 21.4 Å². The van der Waals surface area contributed by atoms with Gasteiger partial charge in [-0.1, -0.05) is 25.1 Å². The molecule has 0 saturated heterocycles. The number of aryl methyl sites for hydroxylation is 1. The molecule has 6 nitrogen and oxygen atoms in total. The summed E-state index contributed by atoms with van der Waals surface area (Å²) in [4.78, 5) is 3.88. The van der Waals surface area contributed by atoms with Gasteiger partial charge in [-0.25, -0.2) is 4.98 Å². The highest BCUT2D eigenvalue weighted by Crippen LogP contribution is 2.23. The van der Waals surface area contributed by atoms with Crippen molar-refractivity contribution in [2.24, 2.45) is 5.84 Å². The van der Waals surface area contributed by atoms with Crippen LogP contribution in [-0.2, 0) is 16.4 Å². The maximum atomic E-state index is 12.4. The molecule has 1 heterocycles. The number of nitrogens with two attached hydrogens (primary N) is 1. The molecule has 0 atom stereocenters. The molecule has 0 amide bonds. The lowest BCUT2D eigenvalue weighted by atomic mass is 10.1. The van der Waals surface area contributed by atoms with Gasteiger partial charge in [-0.3, -0.25) is 10.6 Å². The highest BCUT2D eigenvalue weighted by Gasteiger charge is 2.20. The number of hydrazine groups is 1. The predicted molar refractivity (Wildman–Crippen MR) is 78.7 cm³/mol. The fraction of sp³-hybridized carbons (Fsp3) is 0.154. The molecule has 0 fully saturated rings. The molecule has 2 aromatic rings. The predicted octanol–water partition coefficient (Wildman–Crippen LogP) is 1.73. The topological polar surface area (TPSA) is 97.1 Å². The first kappa shape index (κ1) is 14.3. The SMILES string of the molecule is CCc1ccccc1NS(=O)(=O)c1ncccc1NN. The zero-order valence-corrected chi connectivity index (χ0v) is 11.8. The molecule has 0 unspecified atom stereocenters. The molecular weight excluding hydrogens is 276 g/mol. The van der Waals surface area contributed by atoms with Crippen LogP contribution in [0.2, 0.25) is 0 Å². The van der Waals surface area contributed by atoms with Crippen molar-refractivity contribution in [2.75, 3.05) is 10.1 Å². The lowest BCUT2D eigenvalue weighted by molar-refractivity contribution is 0.598. The van der Waals surface area contributed by atoms with E-state index in [9.17, 15) is 8.42 Å². The lowest BCUT2D eigenvalue weighted by Gasteiger charge is -2.13. The smallest absolute Gasteiger partial charge is 0.281 e. The van der Waals surface area contributed by atoms with E-state index < -0.39 is 10.0 Å². The van der Waals surface area contributed by atoms with Gasteiger partial charge in [-0.15, -0.1) is 0 Å². The maximum Gasteiger partial charge on any atom is 0.281 e. The highest BCUT2D eigenvalue weighted by molar-refractivity contribution is 7.92. The van der Waals surface area contributed by atoms with Gasteiger partial charge in [0.1, 0.15) is 0 Å². The van der Waals surface area contributed by atoms with Crippen molar-refractivity contribution in [2.45, 2.75) is 18.4 Å². The summed E-state index contributed by atoms with van der Waals surface area (Å²) in [6.45, 7) is 1.96. The molecule has 0 aliphatic rings. The molecule has 0 bridgehead atoms. The Morgan fingerprint density at radius 1 is 1.15 bits per heavy atom. The Morgan fingerprint density at radius 2 is 1.85 bits per heavy atom. The van der Waals surface area contributed by atoms with Crippen LogP contribution in [0.4, 0.5) is 11.4 Å². The van der Waals surface area contributed by atoms with Gasteiger partial charge in [0, 0.05) is 6.20 Å². The second-order valence-electron chi connectivity index (χ2n) is 4.12. The second kappa shape index (κ2) is 5.89. The summed E-state index contributed by atoms with van der Waals surface area (Å²) in [5.74, 6) is 5.31. The second-order valence-corrected chi connectivity index (χ2v) is 5.71. The van der Waals surface area contributed by atoms with Crippen molar-refractivity contribution in [3.05, 3.63) is 48.2 Å². The first-order valence-corrected chi connectivity index (χ1v) is 7.59. The van der Waals surface area contributed by atoms with E-state index in [-0.39, 0.29) is 10.7 Å². The molecule has 0 aliphatic carbocycles. The van der Waals surface area contributed by atoms with Crippen molar-refractivity contribution in [1.82, 2.24) is 4.98 Å². The molecule has 106 valence electrons. The van der Waals surface area contributed by atoms with Crippen LogP contribution >= 0.6 is 0 Å². The third-order valence-electron chi connectivity index (χ3n) is 2.82. The first-order valence-electron chi connectivity index (χ1n) is 6.11. The highest BCUT2D eigenvalue weighted by atomic mass is 32.2. The summed E-state index contributed by atoms with van der Waals surface area (Å²) in [5.41, 5.74) is 4.04. The molecule has 1 aromatic carbocycles. The van der Waals surface area contributed by atoms with Gasteiger partial charge in [0.15, 0.2) is 0 Å². The fourth-order valence-corrected chi connectivity index (χ4v) is 3.04. The van der Waals surface area contributed by atoms with E-state index in [4.69, 9.17) is 5.84 Å². The molecule has 2 rings (SSSR count). The van der Waals surface area contributed by atoms with Gasteiger partial charge in [0.05, 0.1) is 11.4 Å². The van der Waals surface area contributed by atoms with Gasteiger partial charge in [0.25, 0.3) is 10.0 Å². The van der Waals surface area contributed by atoms with E-state index in [0.717, 1.165) is 12.0 Å². The molecule has 0 radical (unpaired) electrons. The van der Waals surface area contributed by atoms with E-state index in [1.807, 2.05) is 19.1 Å². The third-order valence-corrected chi connectivity index (χ3v) is 4.15. The molecular formula is C13H16N4O2S. The molecule has 1 aromatic heterocycles. The number of nitrogen functional groups attached to an aromatic ring is 1. The number of sulfonamides is 1. The van der Waals surface area contributed by atoms with Crippen LogP contribution in [0, 0.1) is 0 Å². The summed E-state index contributed by atoms with van der Waals surface area (Å²) < 4.78 is 27.3. The van der Waals surface area contributed by atoms with E-state index in [2.05, 4.69) is 15.1 Å². The number of anilines is 2. The van der Waals surface area contributed by atoms with Crippen LogP contribution < -0.4 is 16.0 Å². The normalized spacial score (nSPS) is 11.1. The van der Waals surface area contributed by atoms with Gasteiger partial charge in [-0.05, 0) is 30.2 Å². The van der Waals surface area contributed by atoms with Gasteiger partial charge < -0.3 is 5.43 Å². The summed E-state index contributed by atoms with van der Waals surface area (Å²) in [7, 11) is -3.79. The minimum atomic E-state index is -3.79. The lowest BCUT2D eigenvalue weighted by Crippen LogP contribution is -2.19. The van der Waals surface area contributed by atoms with E-state index in [1.54, 1.807) is 24.3 Å². The molecule has 20 heavy (non-hydrogen) atoms. The summed E-state index contributed by atoms with van der Waals surface area (Å²) in [6.07, 6.45) is 2.13. The average molecular weight is 292 g/mol. The number of aromatic nitrogens is 1. The Morgan fingerprint density at radius 3 is 2.55 bits per heavy atom. The quantitative estimate of drug-likeness (QED) is 0.576. The van der Waals surface area contributed by atoms with Crippen LogP contribution in [0.15, 0.2) is 47.6 Å². The van der Waals surface area contributed by atoms with E-state index >= 15 is 0 Å². The Hall–Kier alpha value is -2.12. The minimum absolute atomic E-state index is 0.131. The number of hydrogen-bond acceptors (Lipinski definition) is 5. The first-order chi connectivity index (χ1) is 9.58. The Kier molecular flexibility index (Phi) is 4.21. The van der Waals surface area contributed by atoms with Gasteiger partial charge >= 0.3 is 0 Å². The summed E-state index contributed by atoms with van der Waals surface area (Å²) >= 11 is 0. The third kappa shape index (κ3) is 2.89. The largest absolute Gasteiger partial charge is 0.321 e. The average Bonchev–Trinajstić information content (AvgIpc) is 2.47. The molecule has 0 saturated carbocycles. The zero-order chi connectivity index (χ0) is 14.6. The summed E-state index contributed by atoms with van der Waals surface area (Å²) in [5, 5.41) is -0.131. The number of para-hydroxylation sites is 1. The summed E-state index contributed by atoms with van der Waals surface area (Å²) in [6, 6.07) is 10.4. The van der Waals surface area contributed by atoms with E-state index in [1.165, 1.54) is 6.20 Å². The van der Waals surface area contributed by atoms with Gasteiger partial charge in [-0.2, -0.15) is 8.42 Å². The molecule has 7 heteroatoms. The number of nitrogens with zero attached hydrogens (tertiary/aromatic N) is 1. The number of rotatable bonds is 5. The number of hydrogen-bond donors (Lipinski definition) is 3. The zero-order valence-electron chi connectivity index (χ0n) is 11.0. The number of benzene rings is 1. The van der Waals surface area contributed by atoms with Crippen LogP contribution in [0.25, 0.3) is 0 Å². The van der Waals surface area contributed by atoms with Crippen molar-refractivity contribution in [3.63, 3.8) is 0 Å². The Balaban J connectivity index is 2.41. The standard InChI is InChI=1S/C13H16N4O2S/c1-2-10-6-3-4-7-11(10)17-20(18,19)13-12(16-14)8-5-9-15-13/h3-9,16-17H,2,14H2,1H3. The van der Waals surface area contributed by atoms with Crippen LogP contribution in [0.1, 0.15) is 12.5 Å². The number of nitrogens with one attached hydrogen (secondary N) is 2. The Bertz CT molecular complexity index is 701. The molecule has 4 N–H and O–H groups in total. The fourth-order valence-electron chi connectivity index (χ4n) is 1.84. The maximum absolute atomic E-state index is 12.4. The molecule has 0 aliphatic heterocycles. The van der Waals surface area contributed by atoms with Crippen molar-refractivity contribution < 1.29 is 8.42 Å². The van der Waals surface area contributed by atoms with Crippen molar-refractivity contribution in [1.29, 1.82) is 0 Å².